The first-order valence-electron chi connectivity index (χ1n) is 6.27. The molecule has 1 heterocycles. The number of para-hydroxylation sites is 2. The van der Waals surface area contributed by atoms with E-state index in [9.17, 15) is 8.42 Å². The van der Waals surface area contributed by atoms with Crippen LogP contribution in [0.25, 0.3) is 0 Å². The summed E-state index contributed by atoms with van der Waals surface area (Å²) in [6.07, 6.45) is 0. The molecule has 0 saturated carbocycles. The summed E-state index contributed by atoms with van der Waals surface area (Å²) in [5, 5.41) is 5.13. The van der Waals surface area contributed by atoms with Gasteiger partial charge >= 0.3 is 0 Å². The minimum atomic E-state index is -3.58. The molecule has 106 valence electrons. The summed E-state index contributed by atoms with van der Waals surface area (Å²) < 4.78 is 29.4. The first-order valence-corrected chi connectivity index (χ1v) is 7.77. The molecule has 19 heavy (non-hydrogen) atoms. The van der Waals surface area contributed by atoms with E-state index < -0.39 is 10.2 Å². The topological polar surface area (TPSA) is 75.9 Å². The minimum Gasteiger partial charge on any atom is -0.492 e. The van der Waals surface area contributed by atoms with Crippen molar-refractivity contribution in [2.24, 2.45) is 5.14 Å². The number of benzene rings is 1. The van der Waals surface area contributed by atoms with E-state index in [4.69, 9.17) is 9.88 Å². The Balaban J connectivity index is 2.09. The van der Waals surface area contributed by atoms with Gasteiger partial charge in [-0.3, -0.25) is 0 Å². The van der Waals surface area contributed by atoms with Gasteiger partial charge in [0.1, 0.15) is 5.75 Å². The van der Waals surface area contributed by atoms with E-state index in [1.807, 2.05) is 31.2 Å². The Kier molecular flexibility index (Phi) is 4.28. The van der Waals surface area contributed by atoms with Gasteiger partial charge in [0.05, 0.1) is 12.3 Å². The van der Waals surface area contributed by atoms with Gasteiger partial charge in [0.2, 0.25) is 0 Å². The molecule has 1 aliphatic heterocycles. The van der Waals surface area contributed by atoms with Crippen LogP contribution in [0.1, 0.15) is 6.92 Å². The van der Waals surface area contributed by atoms with Crippen molar-refractivity contribution in [2.45, 2.75) is 6.92 Å². The first-order chi connectivity index (χ1) is 9.02. The first kappa shape index (κ1) is 14.1. The fourth-order valence-electron chi connectivity index (χ4n) is 2.18. The van der Waals surface area contributed by atoms with Gasteiger partial charge in [0, 0.05) is 26.2 Å². The fraction of sp³-hybridized carbons (Fsp3) is 0.500. The van der Waals surface area contributed by atoms with Crippen LogP contribution in [0.3, 0.4) is 0 Å². The third-order valence-electron chi connectivity index (χ3n) is 3.10. The highest BCUT2D eigenvalue weighted by Crippen LogP contribution is 2.28. The van der Waals surface area contributed by atoms with Crippen molar-refractivity contribution in [3.8, 4) is 5.75 Å². The van der Waals surface area contributed by atoms with Crippen LogP contribution in [-0.4, -0.2) is 45.5 Å². The Hall–Kier alpha value is -1.31. The van der Waals surface area contributed by atoms with Crippen molar-refractivity contribution in [3.05, 3.63) is 24.3 Å². The van der Waals surface area contributed by atoms with Gasteiger partial charge in [-0.05, 0) is 19.1 Å². The number of anilines is 1. The fourth-order valence-corrected chi connectivity index (χ4v) is 2.85. The smallest absolute Gasteiger partial charge is 0.277 e. The van der Waals surface area contributed by atoms with Crippen LogP contribution in [0.15, 0.2) is 24.3 Å². The zero-order valence-electron chi connectivity index (χ0n) is 10.9. The molecule has 7 heteroatoms. The zero-order chi connectivity index (χ0) is 13.9. The van der Waals surface area contributed by atoms with Gasteiger partial charge in [-0.2, -0.15) is 12.7 Å². The summed E-state index contributed by atoms with van der Waals surface area (Å²) >= 11 is 0. The Morgan fingerprint density at radius 1 is 1.21 bits per heavy atom. The van der Waals surface area contributed by atoms with Crippen molar-refractivity contribution in [2.75, 3.05) is 37.7 Å². The molecule has 0 amide bonds. The molecule has 0 aliphatic carbocycles. The van der Waals surface area contributed by atoms with Crippen molar-refractivity contribution in [1.29, 1.82) is 0 Å². The van der Waals surface area contributed by atoms with Gasteiger partial charge < -0.3 is 9.64 Å². The summed E-state index contributed by atoms with van der Waals surface area (Å²) in [5.74, 6) is 0.828. The molecule has 0 spiro atoms. The Bertz CT molecular complexity index is 525. The predicted molar refractivity (Wildman–Crippen MR) is 74.5 cm³/mol. The number of hydrogen-bond donors (Lipinski definition) is 1. The van der Waals surface area contributed by atoms with Crippen LogP contribution in [0.5, 0.6) is 5.75 Å². The SMILES string of the molecule is CCOc1ccccc1N1CCN(S(N)(=O)=O)CC1. The van der Waals surface area contributed by atoms with E-state index >= 15 is 0 Å². The van der Waals surface area contributed by atoms with E-state index in [-0.39, 0.29) is 0 Å². The Morgan fingerprint density at radius 3 is 2.42 bits per heavy atom. The van der Waals surface area contributed by atoms with Gasteiger partial charge in [-0.25, -0.2) is 5.14 Å². The monoisotopic (exact) mass is 285 g/mol. The number of nitrogens with two attached hydrogens (primary N) is 1. The maximum Gasteiger partial charge on any atom is 0.277 e. The lowest BCUT2D eigenvalue weighted by Gasteiger charge is -2.35. The highest BCUT2D eigenvalue weighted by atomic mass is 32.2. The molecule has 1 aliphatic rings. The van der Waals surface area contributed by atoms with Crippen LogP contribution in [0.4, 0.5) is 5.69 Å². The summed E-state index contributed by atoms with van der Waals surface area (Å²) in [7, 11) is -3.58. The van der Waals surface area contributed by atoms with E-state index in [2.05, 4.69) is 4.90 Å². The maximum atomic E-state index is 11.3. The second-order valence-corrected chi connectivity index (χ2v) is 5.88. The number of rotatable bonds is 4. The molecule has 1 aromatic rings. The third kappa shape index (κ3) is 3.37. The van der Waals surface area contributed by atoms with Crippen molar-refractivity contribution in [3.63, 3.8) is 0 Å². The van der Waals surface area contributed by atoms with Gasteiger partial charge in [-0.15, -0.1) is 0 Å². The highest BCUT2D eigenvalue weighted by molar-refractivity contribution is 7.86. The number of ether oxygens (including phenoxy) is 1. The van der Waals surface area contributed by atoms with E-state index in [1.54, 1.807) is 0 Å². The summed E-state index contributed by atoms with van der Waals surface area (Å²) in [5.41, 5.74) is 0.999. The summed E-state index contributed by atoms with van der Waals surface area (Å²) in [6.45, 7) is 4.57. The lowest BCUT2D eigenvalue weighted by molar-refractivity contribution is 0.337. The quantitative estimate of drug-likeness (QED) is 0.869. The maximum absolute atomic E-state index is 11.3. The number of nitrogens with zero attached hydrogens (tertiary/aromatic N) is 2. The second kappa shape index (κ2) is 5.77. The molecule has 1 aromatic carbocycles. The molecule has 0 atom stereocenters. The molecular weight excluding hydrogens is 266 g/mol. The van der Waals surface area contributed by atoms with Crippen LogP contribution in [-0.2, 0) is 10.2 Å². The van der Waals surface area contributed by atoms with E-state index in [0.29, 0.717) is 32.8 Å². The molecule has 1 fully saturated rings. The predicted octanol–water partition coefficient (Wildman–Crippen LogP) is 0.411. The van der Waals surface area contributed by atoms with Gasteiger partial charge in [0.25, 0.3) is 10.2 Å². The lowest BCUT2D eigenvalue weighted by Crippen LogP contribution is -2.50. The van der Waals surface area contributed by atoms with Crippen LogP contribution in [0, 0.1) is 0 Å². The van der Waals surface area contributed by atoms with Gasteiger partial charge in [-0.1, -0.05) is 12.1 Å². The summed E-state index contributed by atoms with van der Waals surface area (Å²) in [4.78, 5) is 2.12. The average molecular weight is 285 g/mol. The molecule has 0 radical (unpaired) electrons. The van der Waals surface area contributed by atoms with Crippen molar-refractivity contribution in [1.82, 2.24) is 4.31 Å². The molecule has 2 rings (SSSR count). The Morgan fingerprint density at radius 2 is 1.84 bits per heavy atom. The molecule has 0 bridgehead atoms. The average Bonchev–Trinajstić information content (AvgIpc) is 2.39. The zero-order valence-corrected chi connectivity index (χ0v) is 11.8. The Labute approximate surface area is 113 Å². The standard InChI is InChI=1S/C12H19N3O3S/c1-2-18-12-6-4-3-5-11(12)14-7-9-15(10-8-14)19(13,16)17/h3-6H,2,7-10H2,1H3,(H2,13,16,17). The van der Waals surface area contributed by atoms with E-state index in [0.717, 1.165) is 11.4 Å². The van der Waals surface area contributed by atoms with Crippen LogP contribution in [0.2, 0.25) is 0 Å². The summed E-state index contributed by atoms with van der Waals surface area (Å²) in [6, 6.07) is 7.78. The van der Waals surface area contributed by atoms with Crippen molar-refractivity contribution < 1.29 is 13.2 Å². The highest BCUT2D eigenvalue weighted by Gasteiger charge is 2.25. The molecule has 1 saturated heterocycles. The van der Waals surface area contributed by atoms with Crippen LogP contribution < -0.4 is 14.8 Å². The largest absolute Gasteiger partial charge is 0.492 e. The minimum absolute atomic E-state index is 0.402. The van der Waals surface area contributed by atoms with Crippen LogP contribution >= 0.6 is 0 Å². The molecule has 2 N–H and O–H groups in total. The number of piperazine rings is 1. The lowest BCUT2D eigenvalue weighted by atomic mass is 10.2. The number of hydrogen-bond acceptors (Lipinski definition) is 4. The molecule has 6 nitrogen and oxygen atoms in total. The van der Waals surface area contributed by atoms with E-state index in [1.165, 1.54) is 4.31 Å². The van der Waals surface area contributed by atoms with Gasteiger partial charge in [0.15, 0.2) is 0 Å². The normalized spacial score (nSPS) is 17.5. The molecule has 0 aromatic heterocycles. The van der Waals surface area contributed by atoms with Crippen molar-refractivity contribution >= 4 is 15.9 Å². The second-order valence-electron chi connectivity index (χ2n) is 4.33. The molecular formula is C12H19N3O3S. The third-order valence-corrected chi connectivity index (χ3v) is 4.19. The molecule has 0 unspecified atom stereocenters.